The first-order valence-electron chi connectivity index (χ1n) is 7.49. The van der Waals surface area contributed by atoms with Gasteiger partial charge in [0.2, 0.25) is 11.8 Å². The second-order valence-corrected chi connectivity index (χ2v) is 6.62. The van der Waals surface area contributed by atoms with E-state index in [1.807, 2.05) is 4.90 Å². The molecule has 2 aliphatic heterocycles. The first-order chi connectivity index (χ1) is 9.20. The van der Waals surface area contributed by atoms with E-state index >= 15 is 0 Å². The lowest BCUT2D eigenvalue weighted by molar-refractivity contribution is -0.146. The molecule has 2 aliphatic carbocycles. The van der Waals surface area contributed by atoms with Gasteiger partial charge in [0.1, 0.15) is 0 Å². The smallest absolute Gasteiger partial charge is 0.242 e. The zero-order valence-electron chi connectivity index (χ0n) is 11.2. The summed E-state index contributed by atoms with van der Waals surface area (Å²) in [4.78, 5) is 28.3. The van der Waals surface area contributed by atoms with E-state index in [4.69, 9.17) is 0 Å². The highest BCUT2D eigenvalue weighted by atomic mass is 16.2. The lowest BCUT2D eigenvalue weighted by Gasteiger charge is -2.35. The number of carbonyl (C=O) groups is 2. The molecule has 4 aliphatic rings. The number of nitrogens with zero attached hydrogens (tertiary/aromatic N) is 2. The first kappa shape index (κ1) is 11.7. The van der Waals surface area contributed by atoms with Crippen LogP contribution in [-0.2, 0) is 9.59 Å². The summed E-state index contributed by atoms with van der Waals surface area (Å²) in [7, 11) is 0. The van der Waals surface area contributed by atoms with Crippen LogP contribution in [0, 0.1) is 11.3 Å². The average Bonchev–Trinajstić information content (AvgIpc) is 3.28. The maximum Gasteiger partial charge on any atom is 0.242 e. The van der Waals surface area contributed by atoms with E-state index in [1.54, 1.807) is 4.90 Å². The molecule has 0 bridgehead atoms. The summed E-state index contributed by atoms with van der Waals surface area (Å²) in [6.45, 7) is 3.82. The molecule has 5 nitrogen and oxygen atoms in total. The van der Waals surface area contributed by atoms with E-state index in [0.29, 0.717) is 12.6 Å². The highest BCUT2D eigenvalue weighted by Crippen LogP contribution is 2.57. The molecule has 1 N–H and O–H groups in total. The van der Waals surface area contributed by atoms with Crippen LogP contribution < -0.4 is 5.32 Å². The van der Waals surface area contributed by atoms with Crippen molar-refractivity contribution in [1.29, 1.82) is 0 Å². The summed E-state index contributed by atoms with van der Waals surface area (Å²) in [5.74, 6) is 0.566. The van der Waals surface area contributed by atoms with Crippen LogP contribution in [0.1, 0.15) is 25.7 Å². The lowest BCUT2D eigenvalue weighted by atomic mass is 10.0. The largest absolute Gasteiger partial charge is 0.336 e. The minimum absolute atomic E-state index is 0.154. The number of rotatable bonds is 2. The predicted octanol–water partition coefficient (Wildman–Crippen LogP) is -0.181. The molecule has 4 rings (SSSR count). The van der Waals surface area contributed by atoms with Crippen molar-refractivity contribution in [2.75, 3.05) is 32.7 Å². The molecular formula is C14H21N3O2. The second-order valence-electron chi connectivity index (χ2n) is 6.62. The van der Waals surface area contributed by atoms with Crippen LogP contribution >= 0.6 is 0 Å². The summed E-state index contributed by atoms with van der Waals surface area (Å²) >= 11 is 0. The highest BCUT2D eigenvalue weighted by Gasteiger charge is 2.60. The molecule has 1 spiro atoms. The van der Waals surface area contributed by atoms with Gasteiger partial charge in [-0.2, -0.15) is 0 Å². The third kappa shape index (κ3) is 1.86. The highest BCUT2D eigenvalue weighted by molar-refractivity contribution is 5.89. The second kappa shape index (κ2) is 3.95. The quantitative estimate of drug-likeness (QED) is 0.752. The molecule has 5 heteroatoms. The van der Waals surface area contributed by atoms with E-state index < -0.39 is 0 Å². The molecule has 0 aromatic rings. The Morgan fingerprint density at radius 2 is 2.16 bits per heavy atom. The molecule has 0 aromatic heterocycles. The molecule has 2 amide bonds. The minimum Gasteiger partial charge on any atom is -0.336 e. The Balaban J connectivity index is 1.38. The van der Waals surface area contributed by atoms with Gasteiger partial charge in [0.25, 0.3) is 0 Å². The van der Waals surface area contributed by atoms with Crippen molar-refractivity contribution in [3.05, 3.63) is 0 Å². The third-order valence-electron chi connectivity index (χ3n) is 5.32. The van der Waals surface area contributed by atoms with Gasteiger partial charge < -0.3 is 15.1 Å². The van der Waals surface area contributed by atoms with Gasteiger partial charge in [-0.25, -0.2) is 0 Å². The molecule has 2 saturated carbocycles. The third-order valence-corrected chi connectivity index (χ3v) is 5.32. The van der Waals surface area contributed by atoms with Gasteiger partial charge in [-0.1, -0.05) is 0 Å². The fourth-order valence-corrected chi connectivity index (χ4v) is 3.80. The number of hydrogen-bond acceptors (Lipinski definition) is 3. The number of piperazine rings is 1. The molecule has 19 heavy (non-hydrogen) atoms. The maximum atomic E-state index is 12.5. The summed E-state index contributed by atoms with van der Waals surface area (Å²) in [5.41, 5.74) is 0.244. The monoisotopic (exact) mass is 263 g/mol. The maximum absolute atomic E-state index is 12.5. The van der Waals surface area contributed by atoms with Crippen LogP contribution in [-0.4, -0.2) is 60.4 Å². The molecular weight excluding hydrogens is 242 g/mol. The molecule has 2 atom stereocenters. The fraction of sp³-hybridized carbons (Fsp3) is 0.857. The number of amides is 2. The van der Waals surface area contributed by atoms with Crippen molar-refractivity contribution in [2.45, 2.75) is 31.7 Å². The van der Waals surface area contributed by atoms with Gasteiger partial charge in [0.05, 0.1) is 6.54 Å². The van der Waals surface area contributed by atoms with Gasteiger partial charge in [0, 0.05) is 31.6 Å². The van der Waals surface area contributed by atoms with Crippen molar-refractivity contribution in [3.8, 4) is 0 Å². The Morgan fingerprint density at radius 3 is 2.79 bits per heavy atom. The Morgan fingerprint density at radius 1 is 1.32 bits per heavy atom. The van der Waals surface area contributed by atoms with Crippen LogP contribution in [0.4, 0.5) is 0 Å². The van der Waals surface area contributed by atoms with E-state index in [9.17, 15) is 9.59 Å². The predicted molar refractivity (Wildman–Crippen MR) is 69.3 cm³/mol. The van der Waals surface area contributed by atoms with Gasteiger partial charge in [-0.3, -0.25) is 9.59 Å². The summed E-state index contributed by atoms with van der Waals surface area (Å²) in [6.07, 6.45) is 4.45. The summed E-state index contributed by atoms with van der Waals surface area (Å²) < 4.78 is 0. The van der Waals surface area contributed by atoms with Gasteiger partial charge in [-0.15, -0.1) is 0 Å². The normalized spacial score (nSPS) is 38.1. The Kier molecular flexibility index (Phi) is 2.43. The first-order valence-corrected chi connectivity index (χ1v) is 7.49. The molecule has 2 heterocycles. The zero-order valence-corrected chi connectivity index (χ0v) is 11.2. The number of carbonyl (C=O) groups excluding carboxylic acids is 2. The van der Waals surface area contributed by atoms with Gasteiger partial charge in [-0.05, 0) is 37.6 Å². The van der Waals surface area contributed by atoms with Crippen LogP contribution in [0.2, 0.25) is 0 Å². The van der Waals surface area contributed by atoms with Crippen LogP contribution in [0.5, 0.6) is 0 Å². The van der Waals surface area contributed by atoms with Crippen LogP contribution in [0.25, 0.3) is 0 Å². The van der Waals surface area contributed by atoms with Gasteiger partial charge >= 0.3 is 0 Å². The van der Waals surface area contributed by atoms with E-state index in [2.05, 4.69) is 5.32 Å². The Labute approximate surface area is 113 Å². The fourth-order valence-electron chi connectivity index (χ4n) is 3.80. The number of hydrogen-bond donors (Lipinski definition) is 1. The van der Waals surface area contributed by atoms with Crippen LogP contribution in [0.15, 0.2) is 0 Å². The van der Waals surface area contributed by atoms with Crippen molar-refractivity contribution in [1.82, 2.24) is 15.1 Å². The lowest BCUT2D eigenvalue weighted by Crippen LogP contribution is -2.53. The van der Waals surface area contributed by atoms with Crippen molar-refractivity contribution in [2.24, 2.45) is 11.3 Å². The van der Waals surface area contributed by atoms with Crippen molar-refractivity contribution < 1.29 is 9.59 Å². The van der Waals surface area contributed by atoms with Gasteiger partial charge in [0.15, 0.2) is 0 Å². The van der Waals surface area contributed by atoms with Crippen LogP contribution in [0.3, 0.4) is 0 Å². The molecule has 2 saturated heterocycles. The average molecular weight is 263 g/mol. The molecule has 2 unspecified atom stereocenters. The van der Waals surface area contributed by atoms with Crippen molar-refractivity contribution in [3.63, 3.8) is 0 Å². The standard InChI is InChI=1S/C14H21N3O2/c18-12-8-16(5-6-17(12)10-1-2-10)13(19)11-7-14(11)3-4-15-9-14/h10-11,15H,1-9H2. The van der Waals surface area contributed by atoms with E-state index in [-0.39, 0.29) is 23.1 Å². The van der Waals surface area contributed by atoms with E-state index in [0.717, 1.165) is 51.9 Å². The molecule has 0 aromatic carbocycles. The summed E-state index contributed by atoms with van der Waals surface area (Å²) in [5, 5.41) is 3.36. The van der Waals surface area contributed by atoms with Crippen molar-refractivity contribution >= 4 is 11.8 Å². The minimum atomic E-state index is 0.154. The molecule has 104 valence electrons. The molecule has 4 fully saturated rings. The summed E-state index contributed by atoms with van der Waals surface area (Å²) in [6, 6.07) is 0.482. The SMILES string of the molecule is O=C(C1CC12CCNC2)N1CCN(C2CC2)C(=O)C1. The molecule has 0 radical (unpaired) electrons. The Hall–Kier alpha value is -1.10. The zero-order chi connectivity index (χ0) is 13.0. The van der Waals surface area contributed by atoms with E-state index in [1.165, 1.54) is 0 Å². The topological polar surface area (TPSA) is 52.7 Å². The number of nitrogens with one attached hydrogen (secondary N) is 1. The Bertz CT molecular complexity index is 426.